The largest absolute Gasteiger partial charge is 0.476 e. The second-order valence-electron chi connectivity index (χ2n) is 11.3. The van der Waals surface area contributed by atoms with Crippen LogP contribution in [-0.2, 0) is 0 Å². The molecule has 4 bridgehead atoms. The molecule has 176 valence electrons. The Balaban J connectivity index is 1.37. The highest BCUT2D eigenvalue weighted by atomic mass is 16.4. The first kappa shape index (κ1) is 21.3. The van der Waals surface area contributed by atoms with E-state index in [0.29, 0.717) is 23.6 Å². The minimum Gasteiger partial charge on any atom is -0.476 e. The van der Waals surface area contributed by atoms with Crippen molar-refractivity contribution < 1.29 is 9.90 Å². The molecule has 6 rings (SSSR count). The SMILES string of the molecule is CC1CC2CCCC(C1)C2N1[C@@H]2CCC[C@H]1CC(n1c(=O)c(C(=O)O)nc3ccccc31)C2. The lowest BCUT2D eigenvalue weighted by atomic mass is 9.63. The van der Waals surface area contributed by atoms with Gasteiger partial charge in [0, 0.05) is 24.2 Å². The van der Waals surface area contributed by atoms with Gasteiger partial charge in [0.1, 0.15) is 0 Å². The van der Waals surface area contributed by atoms with E-state index in [1.54, 1.807) is 4.57 Å². The number of benzene rings is 1. The summed E-state index contributed by atoms with van der Waals surface area (Å²) in [5, 5.41) is 9.65. The number of aromatic carboxylic acids is 1. The molecule has 0 spiro atoms. The van der Waals surface area contributed by atoms with E-state index in [0.717, 1.165) is 36.1 Å². The number of aromatic nitrogens is 2. The van der Waals surface area contributed by atoms with E-state index in [9.17, 15) is 14.7 Å². The Bertz CT molecular complexity index is 1100. The molecule has 3 unspecified atom stereocenters. The average Bonchev–Trinajstić information content (AvgIpc) is 2.77. The highest BCUT2D eigenvalue weighted by Crippen LogP contribution is 2.50. The fourth-order valence-corrected chi connectivity index (χ4v) is 8.24. The molecule has 2 aliphatic carbocycles. The topological polar surface area (TPSA) is 75.4 Å². The molecule has 3 heterocycles. The maximum absolute atomic E-state index is 13.3. The molecular formula is C27H35N3O3. The third-order valence-corrected chi connectivity index (χ3v) is 9.24. The van der Waals surface area contributed by atoms with Gasteiger partial charge in [0.25, 0.3) is 5.56 Å². The Labute approximate surface area is 195 Å². The third kappa shape index (κ3) is 3.52. The van der Waals surface area contributed by atoms with Crippen LogP contribution in [0.25, 0.3) is 11.0 Å². The van der Waals surface area contributed by atoms with Gasteiger partial charge in [-0.2, -0.15) is 0 Å². The van der Waals surface area contributed by atoms with Crippen LogP contribution >= 0.6 is 0 Å². The van der Waals surface area contributed by atoms with E-state index in [4.69, 9.17) is 0 Å². The number of fused-ring (bicyclic) bond motifs is 6. The molecule has 6 nitrogen and oxygen atoms in total. The van der Waals surface area contributed by atoms with E-state index in [1.807, 2.05) is 24.3 Å². The van der Waals surface area contributed by atoms with Crippen LogP contribution in [0.2, 0.25) is 0 Å². The van der Waals surface area contributed by atoms with E-state index in [-0.39, 0.29) is 11.7 Å². The number of nitrogens with zero attached hydrogens (tertiary/aromatic N) is 3. The summed E-state index contributed by atoms with van der Waals surface area (Å²) >= 11 is 0. The van der Waals surface area contributed by atoms with Crippen LogP contribution in [0, 0.1) is 17.8 Å². The molecule has 1 aromatic carbocycles. The van der Waals surface area contributed by atoms with Gasteiger partial charge in [-0.05, 0) is 81.3 Å². The van der Waals surface area contributed by atoms with Gasteiger partial charge in [-0.25, -0.2) is 9.78 Å². The quantitative estimate of drug-likeness (QED) is 0.724. The summed E-state index contributed by atoms with van der Waals surface area (Å²) < 4.78 is 1.79. The maximum Gasteiger partial charge on any atom is 0.360 e. The minimum atomic E-state index is -1.23. The Morgan fingerprint density at radius 1 is 0.939 bits per heavy atom. The highest BCUT2D eigenvalue weighted by Gasteiger charge is 2.49. The minimum absolute atomic E-state index is 0.0393. The molecule has 4 aliphatic rings. The van der Waals surface area contributed by atoms with Gasteiger partial charge < -0.3 is 9.67 Å². The van der Waals surface area contributed by atoms with Crippen molar-refractivity contribution in [3.05, 3.63) is 40.3 Å². The zero-order valence-corrected chi connectivity index (χ0v) is 19.5. The van der Waals surface area contributed by atoms with E-state index >= 15 is 0 Å². The van der Waals surface area contributed by atoms with Crippen LogP contribution in [0.15, 0.2) is 29.1 Å². The summed E-state index contributed by atoms with van der Waals surface area (Å²) in [6.07, 6.45) is 12.4. The Kier molecular flexibility index (Phi) is 5.32. The number of rotatable bonds is 3. The zero-order valence-electron chi connectivity index (χ0n) is 19.5. The molecule has 4 fully saturated rings. The average molecular weight is 450 g/mol. The van der Waals surface area contributed by atoms with E-state index < -0.39 is 11.5 Å². The Morgan fingerprint density at radius 2 is 1.58 bits per heavy atom. The number of piperidine rings is 2. The molecule has 2 aliphatic heterocycles. The molecule has 2 aromatic rings. The molecule has 5 atom stereocenters. The Morgan fingerprint density at radius 3 is 2.24 bits per heavy atom. The van der Waals surface area contributed by atoms with Crippen molar-refractivity contribution in [3.8, 4) is 0 Å². The second kappa shape index (κ2) is 8.23. The molecule has 0 radical (unpaired) electrons. The van der Waals surface area contributed by atoms with Crippen LogP contribution < -0.4 is 5.56 Å². The molecule has 1 aromatic heterocycles. The first-order valence-corrected chi connectivity index (χ1v) is 13.0. The lowest BCUT2D eigenvalue weighted by molar-refractivity contribution is -0.0893. The molecule has 33 heavy (non-hydrogen) atoms. The third-order valence-electron chi connectivity index (χ3n) is 9.24. The van der Waals surface area contributed by atoms with Gasteiger partial charge in [0.2, 0.25) is 5.69 Å². The van der Waals surface area contributed by atoms with Gasteiger partial charge in [-0.15, -0.1) is 0 Å². The zero-order chi connectivity index (χ0) is 22.7. The van der Waals surface area contributed by atoms with Crippen LogP contribution in [0.5, 0.6) is 0 Å². The number of hydrogen-bond donors (Lipinski definition) is 1. The van der Waals surface area contributed by atoms with Crippen molar-refractivity contribution in [2.45, 2.75) is 95.3 Å². The van der Waals surface area contributed by atoms with Crippen molar-refractivity contribution >= 4 is 17.0 Å². The summed E-state index contributed by atoms with van der Waals surface area (Å²) in [6, 6.07) is 9.26. The highest BCUT2D eigenvalue weighted by molar-refractivity contribution is 5.88. The van der Waals surface area contributed by atoms with Crippen molar-refractivity contribution in [1.82, 2.24) is 14.5 Å². The van der Waals surface area contributed by atoms with Crippen LogP contribution in [0.3, 0.4) is 0 Å². The monoisotopic (exact) mass is 449 g/mol. The fraction of sp³-hybridized carbons (Fsp3) is 0.667. The molecule has 0 amide bonds. The summed E-state index contributed by atoms with van der Waals surface area (Å²) in [6.45, 7) is 2.44. The van der Waals surface area contributed by atoms with Crippen molar-refractivity contribution in [3.63, 3.8) is 0 Å². The second-order valence-corrected chi connectivity index (χ2v) is 11.3. The van der Waals surface area contributed by atoms with Gasteiger partial charge in [0.05, 0.1) is 11.0 Å². The summed E-state index contributed by atoms with van der Waals surface area (Å²) in [5.74, 6) is 1.27. The summed E-state index contributed by atoms with van der Waals surface area (Å²) in [7, 11) is 0. The van der Waals surface area contributed by atoms with Gasteiger partial charge in [-0.1, -0.05) is 31.9 Å². The fourth-order valence-electron chi connectivity index (χ4n) is 8.24. The number of carbonyl (C=O) groups is 1. The number of carboxylic acids is 1. The predicted octanol–water partition coefficient (Wildman–Crippen LogP) is 4.87. The molecule has 6 heteroatoms. The van der Waals surface area contributed by atoms with Gasteiger partial charge >= 0.3 is 5.97 Å². The molecular weight excluding hydrogens is 414 g/mol. The smallest absolute Gasteiger partial charge is 0.360 e. The first-order valence-electron chi connectivity index (χ1n) is 13.0. The van der Waals surface area contributed by atoms with Crippen LogP contribution in [0.1, 0.15) is 87.7 Å². The summed E-state index contributed by atoms with van der Waals surface area (Å²) in [4.78, 5) is 32.3. The predicted molar refractivity (Wildman–Crippen MR) is 128 cm³/mol. The normalized spacial score (nSPS) is 36.6. The standard InChI is InChI=1S/C27H35N3O3/c1-16-12-17-6-4-7-18(13-16)25(17)29-19-8-5-9-20(29)15-21(14-19)30-23-11-3-2-10-22(23)28-24(26(30)31)27(32)33/h2-3,10-11,16-21,25H,4-9,12-15H2,1H3,(H,32,33)/t16?,17?,18?,19-,20+,21?,25?. The molecule has 1 N–H and O–H groups in total. The summed E-state index contributed by atoms with van der Waals surface area (Å²) in [5.41, 5.74) is 0.573. The van der Waals surface area contributed by atoms with Gasteiger partial charge in [0.15, 0.2) is 0 Å². The number of hydrogen-bond acceptors (Lipinski definition) is 4. The Hall–Kier alpha value is -2.21. The lowest BCUT2D eigenvalue weighted by Crippen LogP contribution is -2.62. The van der Waals surface area contributed by atoms with Crippen LogP contribution in [-0.4, -0.2) is 43.7 Å². The van der Waals surface area contributed by atoms with Crippen molar-refractivity contribution in [2.24, 2.45) is 17.8 Å². The molecule has 2 saturated carbocycles. The van der Waals surface area contributed by atoms with E-state index in [2.05, 4.69) is 16.8 Å². The molecule has 2 saturated heterocycles. The van der Waals surface area contributed by atoms with Crippen molar-refractivity contribution in [1.29, 1.82) is 0 Å². The van der Waals surface area contributed by atoms with Gasteiger partial charge in [-0.3, -0.25) is 9.69 Å². The number of para-hydroxylation sites is 2. The first-order chi connectivity index (χ1) is 16.0. The lowest BCUT2D eigenvalue weighted by Gasteiger charge is -2.59. The van der Waals surface area contributed by atoms with Crippen LogP contribution in [0.4, 0.5) is 0 Å². The number of carboxylic acid groups (broad SMARTS) is 1. The maximum atomic E-state index is 13.3. The van der Waals surface area contributed by atoms with Crippen molar-refractivity contribution in [2.75, 3.05) is 0 Å². The van der Waals surface area contributed by atoms with E-state index in [1.165, 1.54) is 51.4 Å².